The van der Waals surface area contributed by atoms with Crippen molar-refractivity contribution in [2.75, 3.05) is 18.9 Å². The molecule has 0 fully saturated rings. The number of amides is 1. The molecule has 0 saturated carbocycles. The normalized spacial score (nSPS) is 14.6. The predicted molar refractivity (Wildman–Crippen MR) is 97.3 cm³/mol. The number of aryl methyl sites for hydroxylation is 2. The number of hydrogen-bond donors (Lipinski definition) is 1. The molecular formula is C18H19N3O3S. The molecule has 0 unspecified atom stereocenters. The minimum absolute atomic E-state index is 0.00390. The van der Waals surface area contributed by atoms with E-state index in [9.17, 15) is 13.2 Å². The van der Waals surface area contributed by atoms with Crippen LogP contribution in [0, 0.1) is 13.8 Å². The fourth-order valence-electron chi connectivity index (χ4n) is 2.71. The average Bonchev–Trinajstić information content (AvgIpc) is 2.83. The molecule has 0 aliphatic carbocycles. The molecule has 0 saturated heterocycles. The molecule has 1 heterocycles. The molecular weight excluding hydrogens is 338 g/mol. The summed E-state index contributed by atoms with van der Waals surface area (Å²) < 4.78 is 28.0. The number of nitrogens with one attached hydrogen (secondary N) is 1. The first-order valence-corrected chi connectivity index (χ1v) is 9.24. The van der Waals surface area contributed by atoms with Crippen molar-refractivity contribution >= 4 is 27.5 Å². The van der Waals surface area contributed by atoms with Gasteiger partial charge in [0.15, 0.2) is 5.84 Å². The number of rotatable bonds is 3. The van der Waals surface area contributed by atoms with Gasteiger partial charge >= 0.3 is 0 Å². The maximum Gasteiger partial charge on any atom is 0.285 e. The second kappa shape index (κ2) is 6.33. The van der Waals surface area contributed by atoms with Gasteiger partial charge in [-0.1, -0.05) is 24.3 Å². The van der Waals surface area contributed by atoms with Crippen molar-refractivity contribution in [1.29, 1.82) is 0 Å². The van der Waals surface area contributed by atoms with Gasteiger partial charge in [0.1, 0.15) is 4.90 Å². The Morgan fingerprint density at radius 2 is 1.88 bits per heavy atom. The third-order valence-electron chi connectivity index (χ3n) is 4.02. The van der Waals surface area contributed by atoms with Gasteiger partial charge in [0.25, 0.3) is 10.0 Å². The highest BCUT2D eigenvalue weighted by molar-refractivity contribution is 7.90. The number of carbonyl (C=O) groups excluding carboxylic acids is 1. The molecule has 2 aromatic rings. The van der Waals surface area contributed by atoms with Crippen molar-refractivity contribution in [2.45, 2.75) is 18.7 Å². The van der Waals surface area contributed by atoms with Gasteiger partial charge in [0.05, 0.1) is 6.54 Å². The standard InChI is InChI=1S/C18H19N3O3S/c1-12-8-9-13(2)15(10-12)19-17(22)11-21(3)18-14-6-4-5-7-16(14)25(23,24)20-18/h4-10H,11H2,1-3H3,(H,19,22). The number of sulfonamides is 1. The van der Waals surface area contributed by atoms with Gasteiger partial charge < -0.3 is 10.2 Å². The van der Waals surface area contributed by atoms with Crippen LogP contribution in [-0.4, -0.2) is 38.7 Å². The number of nitrogens with zero attached hydrogens (tertiary/aromatic N) is 2. The van der Waals surface area contributed by atoms with Crippen LogP contribution in [0.4, 0.5) is 5.69 Å². The summed E-state index contributed by atoms with van der Waals surface area (Å²) in [6.45, 7) is 3.87. The Kier molecular flexibility index (Phi) is 4.34. The predicted octanol–water partition coefficient (Wildman–Crippen LogP) is 2.32. The van der Waals surface area contributed by atoms with E-state index in [1.54, 1.807) is 30.1 Å². The van der Waals surface area contributed by atoms with E-state index in [1.807, 2.05) is 32.0 Å². The average molecular weight is 357 g/mol. The van der Waals surface area contributed by atoms with Crippen LogP contribution >= 0.6 is 0 Å². The highest BCUT2D eigenvalue weighted by Gasteiger charge is 2.30. The molecule has 1 aliphatic rings. The molecule has 1 amide bonds. The van der Waals surface area contributed by atoms with E-state index in [1.165, 1.54) is 6.07 Å². The van der Waals surface area contributed by atoms with Crippen molar-refractivity contribution in [2.24, 2.45) is 4.40 Å². The molecule has 1 N–H and O–H groups in total. The number of amidine groups is 1. The summed E-state index contributed by atoms with van der Waals surface area (Å²) in [5, 5.41) is 2.87. The van der Waals surface area contributed by atoms with Crippen molar-refractivity contribution < 1.29 is 13.2 Å². The molecule has 0 atom stereocenters. The Hall–Kier alpha value is -2.67. The highest BCUT2D eigenvalue weighted by atomic mass is 32.2. The molecule has 25 heavy (non-hydrogen) atoms. The van der Waals surface area contributed by atoms with E-state index in [0.717, 1.165) is 16.8 Å². The van der Waals surface area contributed by atoms with Gasteiger partial charge in [0, 0.05) is 18.3 Å². The van der Waals surface area contributed by atoms with Gasteiger partial charge in [-0.15, -0.1) is 4.40 Å². The third-order valence-corrected chi connectivity index (χ3v) is 5.35. The maximum atomic E-state index is 12.4. The third kappa shape index (κ3) is 3.41. The molecule has 2 aromatic carbocycles. The quantitative estimate of drug-likeness (QED) is 0.914. The van der Waals surface area contributed by atoms with Gasteiger partial charge in [0.2, 0.25) is 5.91 Å². The Morgan fingerprint density at radius 3 is 2.64 bits per heavy atom. The van der Waals surface area contributed by atoms with Gasteiger partial charge in [-0.2, -0.15) is 8.42 Å². The zero-order valence-corrected chi connectivity index (χ0v) is 15.1. The number of fused-ring (bicyclic) bond motifs is 1. The molecule has 3 rings (SSSR count). The van der Waals surface area contributed by atoms with E-state index < -0.39 is 10.0 Å². The van der Waals surface area contributed by atoms with Crippen molar-refractivity contribution in [1.82, 2.24) is 4.90 Å². The van der Waals surface area contributed by atoms with E-state index in [0.29, 0.717) is 5.56 Å². The smallest absolute Gasteiger partial charge is 0.285 e. The Balaban J connectivity index is 1.78. The van der Waals surface area contributed by atoms with Crippen LogP contribution in [0.25, 0.3) is 0 Å². The van der Waals surface area contributed by atoms with Crippen LogP contribution in [0.15, 0.2) is 51.8 Å². The number of carbonyl (C=O) groups is 1. The highest BCUT2D eigenvalue weighted by Crippen LogP contribution is 2.27. The second-order valence-electron chi connectivity index (χ2n) is 6.11. The Labute approximate surface area is 147 Å². The molecule has 0 bridgehead atoms. The number of benzene rings is 2. The molecule has 1 aliphatic heterocycles. The van der Waals surface area contributed by atoms with Gasteiger partial charge in [-0.25, -0.2) is 0 Å². The number of hydrogen-bond acceptors (Lipinski definition) is 4. The summed E-state index contributed by atoms with van der Waals surface area (Å²) in [6, 6.07) is 12.4. The van der Waals surface area contributed by atoms with Crippen LogP contribution in [0.2, 0.25) is 0 Å². The molecule has 0 aromatic heterocycles. The molecule has 130 valence electrons. The van der Waals surface area contributed by atoms with Gasteiger partial charge in [-0.3, -0.25) is 4.79 Å². The largest absolute Gasteiger partial charge is 0.349 e. The van der Waals surface area contributed by atoms with Crippen molar-refractivity contribution in [3.05, 3.63) is 59.2 Å². The molecule has 7 heteroatoms. The summed E-state index contributed by atoms with van der Waals surface area (Å²) in [5.74, 6) is 0.0485. The minimum Gasteiger partial charge on any atom is -0.349 e. The summed E-state index contributed by atoms with van der Waals surface area (Å²) >= 11 is 0. The molecule has 0 radical (unpaired) electrons. The lowest BCUT2D eigenvalue weighted by atomic mass is 10.1. The lowest BCUT2D eigenvalue weighted by Gasteiger charge is -2.19. The summed E-state index contributed by atoms with van der Waals surface area (Å²) in [5.41, 5.74) is 3.28. The molecule has 0 spiro atoms. The van der Waals surface area contributed by atoms with Crippen LogP contribution in [0.5, 0.6) is 0 Å². The second-order valence-corrected chi connectivity index (χ2v) is 7.68. The van der Waals surface area contributed by atoms with E-state index in [4.69, 9.17) is 0 Å². The monoisotopic (exact) mass is 357 g/mol. The van der Waals surface area contributed by atoms with Crippen LogP contribution in [0.3, 0.4) is 0 Å². The van der Waals surface area contributed by atoms with E-state index >= 15 is 0 Å². The fraction of sp³-hybridized carbons (Fsp3) is 0.222. The van der Waals surface area contributed by atoms with Crippen LogP contribution in [-0.2, 0) is 14.8 Å². The minimum atomic E-state index is -3.69. The fourth-order valence-corrected chi connectivity index (χ4v) is 3.97. The Bertz CT molecular complexity index is 981. The van der Waals surface area contributed by atoms with Crippen LogP contribution < -0.4 is 5.32 Å². The molecule has 6 nitrogen and oxygen atoms in total. The summed E-state index contributed by atoms with van der Waals surface area (Å²) in [4.78, 5) is 14.1. The maximum absolute atomic E-state index is 12.4. The zero-order valence-electron chi connectivity index (χ0n) is 14.3. The SMILES string of the molecule is Cc1ccc(C)c(NC(=O)CN(C)C2=NS(=O)(=O)c3ccccc32)c1. The first kappa shape index (κ1) is 17.2. The van der Waals surface area contributed by atoms with Crippen molar-refractivity contribution in [3.8, 4) is 0 Å². The zero-order chi connectivity index (χ0) is 18.2. The van der Waals surface area contributed by atoms with E-state index in [-0.39, 0.29) is 23.2 Å². The van der Waals surface area contributed by atoms with Crippen LogP contribution in [0.1, 0.15) is 16.7 Å². The summed E-state index contributed by atoms with van der Waals surface area (Å²) in [6.07, 6.45) is 0. The van der Waals surface area contributed by atoms with Gasteiger partial charge in [-0.05, 0) is 43.2 Å². The lowest BCUT2D eigenvalue weighted by molar-refractivity contribution is -0.116. The van der Waals surface area contributed by atoms with E-state index in [2.05, 4.69) is 9.71 Å². The first-order chi connectivity index (χ1) is 11.8. The first-order valence-electron chi connectivity index (χ1n) is 7.80. The summed E-state index contributed by atoms with van der Waals surface area (Å²) in [7, 11) is -2.04. The lowest BCUT2D eigenvalue weighted by Crippen LogP contribution is -2.35. The Morgan fingerprint density at radius 1 is 1.16 bits per heavy atom. The van der Waals surface area contributed by atoms with Crippen molar-refractivity contribution in [3.63, 3.8) is 0 Å². The number of anilines is 1. The number of likely N-dealkylation sites (N-methyl/N-ethyl adjacent to an activating group) is 1. The topological polar surface area (TPSA) is 78.8 Å².